The molecule has 27 heavy (non-hydrogen) atoms. The van der Waals surface area contributed by atoms with E-state index in [0.717, 1.165) is 53.4 Å². The molecule has 0 atom stereocenters. The number of halogens is 3. The fourth-order valence-electron chi connectivity index (χ4n) is 3.56. The molecule has 0 saturated carbocycles. The van der Waals surface area contributed by atoms with E-state index in [9.17, 15) is 23.1 Å². The van der Waals surface area contributed by atoms with Gasteiger partial charge in [0.05, 0.1) is 16.6 Å². The summed E-state index contributed by atoms with van der Waals surface area (Å²) in [5.41, 5.74) is 2.93. The van der Waals surface area contributed by atoms with Gasteiger partial charge >= 0.3 is 12.1 Å². The number of nitrogens with zero attached hydrogens (tertiary/aromatic N) is 1. The van der Waals surface area contributed by atoms with Gasteiger partial charge in [-0.3, -0.25) is 0 Å². The molecule has 1 aliphatic carbocycles. The van der Waals surface area contributed by atoms with Gasteiger partial charge in [0.2, 0.25) is 0 Å². The molecular weight excluding hydrogens is 355 g/mol. The Labute approximate surface area is 153 Å². The first-order valence-electron chi connectivity index (χ1n) is 8.60. The lowest BCUT2D eigenvalue weighted by atomic mass is 10.0. The van der Waals surface area contributed by atoms with Crippen LogP contribution in [0, 0.1) is 0 Å². The van der Waals surface area contributed by atoms with Gasteiger partial charge in [0, 0.05) is 22.8 Å². The average Bonchev–Trinajstić information content (AvgIpc) is 3.28. The van der Waals surface area contributed by atoms with Gasteiger partial charge < -0.3 is 9.67 Å². The van der Waals surface area contributed by atoms with E-state index in [4.69, 9.17) is 0 Å². The number of carboxylic acid groups (broad SMARTS) is 1. The zero-order chi connectivity index (χ0) is 19.2. The summed E-state index contributed by atoms with van der Waals surface area (Å²) in [5, 5.41) is 10.1. The van der Waals surface area contributed by atoms with Crippen molar-refractivity contribution in [3.05, 3.63) is 71.4 Å². The molecule has 1 aliphatic rings. The summed E-state index contributed by atoms with van der Waals surface area (Å²) in [6.07, 6.45) is 2.56. The van der Waals surface area contributed by atoms with E-state index in [1.165, 1.54) is 18.2 Å². The van der Waals surface area contributed by atoms with Gasteiger partial charge in [-0.05, 0) is 67.3 Å². The molecule has 2 aromatic carbocycles. The van der Waals surface area contributed by atoms with Crippen molar-refractivity contribution in [2.45, 2.75) is 25.4 Å². The van der Waals surface area contributed by atoms with Crippen LogP contribution in [0.2, 0.25) is 0 Å². The van der Waals surface area contributed by atoms with Crippen molar-refractivity contribution in [1.82, 2.24) is 4.57 Å². The summed E-state index contributed by atoms with van der Waals surface area (Å²) in [6, 6.07) is 9.82. The Balaban J connectivity index is 1.89. The number of rotatable bonds is 3. The first-order valence-corrected chi connectivity index (χ1v) is 8.60. The second kappa shape index (κ2) is 6.30. The number of hydrogen-bond donors (Lipinski definition) is 1. The highest BCUT2D eigenvalue weighted by Crippen LogP contribution is 2.36. The SMILES string of the molecule is O=C(O)c1ccc2c(c1)c(C1=CCCC1)cn2-c1ccc(C(F)(F)F)cc1. The molecule has 0 amide bonds. The predicted molar refractivity (Wildman–Crippen MR) is 97.1 cm³/mol. The minimum atomic E-state index is -4.38. The molecule has 0 saturated heterocycles. The van der Waals surface area contributed by atoms with Gasteiger partial charge in [-0.15, -0.1) is 0 Å². The molecule has 0 unspecified atom stereocenters. The van der Waals surface area contributed by atoms with Gasteiger partial charge in [-0.25, -0.2) is 4.79 Å². The largest absolute Gasteiger partial charge is 0.478 e. The van der Waals surface area contributed by atoms with E-state index in [-0.39, 0.29) is 5.56 Å². The zero-order valence-corrected chi connectivity index (χ0v) is 14.3. The van der Waals surface area contributed by atoms with Crippen molar-refractivity contribution in [2.24, 2.45) is 0 Å². The van der Waals surface area contributed by atoms with Crippen LogP contribution in [0.15, 0.2) is 54.7 Å². The van der Waals surface area contributed by atoms with Crippen molar-refractivity contribution < 1.29 is 23.1 Å². The Kier molecular flexibility index (Phi) is 4.06. The minimum absolute atomic E-state index is 0.188. The Hall–Kier alpha value is -3.02. The molecule has 138 valence electrons. The third kappa shape index (κ3) is 3.12. The molecule has 0 spiro atoms. The molecule has 0 aliphatic heterocycles. The monoisotopic (exact) mass is 371 g/mol. The smallest absolute Gasteiger partial charge is 0.416 e. The molecule has 1 aromatic heterocycles. The Bertz CT molecular complexity index is 1060. The van der Waals surface area contributed by atoms with Gasteiger partial charge in [0.25, 0.3) is 0 Å². The molecule has 4 rings (SSSR count). The Morgan fingerprint density at radius 2 is 1.81 bits per heavy atom. The van der Waals surface area contributed by atoms with Gasteiger partial charge in [-0.1, -0.05) is 6.08 Å². The second-order valence-electron chi connectivity index (χ2n) is 6.62. The van der Waals surface area contributed by atoms with E-state index in [1.807, 2.05) is 10.8 Å². The Morgan fingerprint density at radius 3 is 2.41 bits per heavy atom. The van der Waals surface area contributed by atoms with E-state index < -0.39 is 17.7 Å². The normalized spacial score (nSPS) is 14.6. The topological polar surface area (TPSA) is 42.2 Å². The average molecular weight is 371 g/mol. The van der Waals surface area contributed by atoms with Crippen LogP contribution in [0.25, 0.3) is 22.2 Å². The highest BCUT2D eigenvalue weighted by molar-refractivity contribution is 5.99. The van der Waals surface area contributed by atoms with Crippen LogP contribution in [0.4, 0.5) is 13.2 Å². The van der Waals surface area contributed by atoms with Crippen LogP contribution in [0.5, 0.6) is 0 Å². The fourth-order valence-corrected chi connectivity index (χ4v) is 3.56. The summed E-state index contributed by atoms with van der Waals surface area (Å²) in [6.45, 7) is 0. The summed E-state index contributed by atoms with van der Waals surface area (Å²) in [7, 11) is 0. The molecule has 3 nitrogen and oxygen atoms in total. The van der Waals surface area contributed by atoms with Crippen LogP contribution in [-0.2, 0) is 6.18 Å². The van der Waals surface area contributed by atoms with Crippen molar-refractivity contribution in [1.29, 1.82) is 0 Å². The van der Waals surface area contributed by atoms with E-state index >= 15 is 0 Å². The van der Waals surface area contributed by atoms with Crippen molar-refractivity contribution in [2.75, 3.05) is 0 Å². The molecule has 0 bridgehead atoms. The number of fused-ring (bicyclic) bond motifs is 1. The van der Waals surface area contributed by atoms with E-state index in [1.54, 1.807) is 12.1 Å². The first kappa shape index (κ1) is 17.4. The maximum absolute atomic E-state index is 12.8. The van der Waals surface area contributed by atoms with Gasteiger partial charge in [0.1, 0.15) is 0 Å². The first-order chi connectivity index (χ1) is 12.8. The number of alkyl halides is 3. The van der Waals surface area contributed by atoms with Gasteiger partial charge in [0.15, 0.2) is 0 Å². The molecule has 0 fully saturated rings. The molecule has 1 heterocycles. The van der Waals surface area contributed by atoms with Crippen LogP contribution < -0.4 is 0 Å². The molecule has 1 N–H and O–H groups in total. The predicted octanol–water partition coefficient (Wildman–Crippen LogP) is 5.91. The van der Waals surface area contributed by atoms with E-state index in [0.29, 0.717) is 5.69 Å². The fraction of sp³-hybridized carbons (Fsp3) is 0.190. The van der Waals surface area contributed by atoms with Crippen LogP contribution in [-0.4, -0.2) is 15.6 Å². The third-order valence-electron chi connectivity index (χ3n) is 4.91. The lowest BCUT2D eigenvalue weighted by Crippen LogP contribution is -2.04. The lowest BCUT2D eigenvalue weighted by molar-refractivity contribution is -0.137. The Morgan fingerprint density at radius 1 is 1.07 bits per heavy atom. The van der Waals surface area contributed by atoms with Crippen molar-refractivity contribution in [3.63, 3.8) is 0 Å². The van der Waals surface area contributed by atoms with Crippen molar-refractivity contribution >= 4 is 22.4 Å². The summed E-state index contributed by atoms with van der Waals surface area (Å²) < 4.78 is 40.3. The second-order valence-corrected chi connectivity index (χ2v) is 6.62. The van der Waals surface area contributed by atoms with Gasteiger partial charge in [-0.2, -0.15) is 13.2 Å². The lowest BCUT2D eigenvalue weighted by Gasteiger charge is -2.09. The van der Waals surface area contributed by atoms with E-state index in [2.05, 4.69) is 6.08 Å². The highest BCUT2D eigenvalue weighted by atomic mass is 19.4. The summed E-state index contributed by atoms with van der Waals surface area (Å²) in [4.78, 5) is 11.4. The van der Waals surface area contributed by atoms with Crippen LogP contribution in [0.1, 0.15) is 40.7 Å². The number of carbonyl (C=O) groups is 1. The molecule has 6 heteroatoms. The highest BCUT2D eigenvalue weighted by Gasteiger charge is 2.30. The minimum Gasteiger partial charge on any atom is -0.478 e. The number of allylic oxidation sites excluding steroid dienone is 2. The number of hydrogen-bond acceptors (Lipinski definition) is 1. The maximum Gasteiger partial charge on any atom is 0.416 e. The third-order valence-corrected chi connectivity index (χ3v) is 4.91. The number of aromatic nitrogens is 1. The quantitative estimate of drug-likeness (QED) is 0.621. The van der Waals surface area contributed by atoms with Crippen molar-refractivity contribution in [3.8, 4) is 5.69 Å². The molecule has 3 aromatic rings. The zero-order valence-electron chi connectivity index (χ0n) is 14.3. The molecular formula is C21H16F3NO2. The number of benzene rings is 2. The number of aromatic carboxylic acids is 1. The molecule has 0 radical (unpaired) electrons. The van der Waals surface area contributed by atoms with Crippen LogP contribution in [0.3, 0.4) is 0 Å². The standard InChI is InChI=1S/C21H16F3NO2/c22-21(23,24)15-6-8-16(9-7-15)25-12-18(13-3-1-2-4-13)17-11-14(20(26)27)5-10-19(17)25/h3,5-12H,1-2,4H2,(H,26,27). The summed E-state index contributed by atoms with van der Waals surface area (Å²) in [5.74, 6) is -1.01. The number of carboxylic acids is 1. The maximum atomic E-state index is 12.8. The summed E-state index contributed by atoms with van der Waals surface area (Å²) >= 11 is 0. The van der Waals surface area contributed by atoms with Crippen LogP contribution >= 0.6 is 0 Å².